The Hall–Kier alpha value is -1.85. The second-order valence-corrected chi connectivity index (χ2v) is 7.09. The SMILES string of the molecule is CC[C@@H](Sc1ccc(Cl)cc1)C(=O)NCc1ccc2c(c1)OCO2. The maximum atomic E-state index is 12.4. The highest BCUT2D eigenvalue weighted by Crippen LogP contribution is 2.32. The summed E-state index contributed by atoms with van der Waals surface area (Å²) in [6.07, 6.45) is 0.750. The molecule has 0 saturated carbocycles. The van der Waals surface area contributed by atoms with Crippen molar-refractivity contribution in [2.45, 2.75) is 30.0 Å². The fourth-order valence-corrected chi connectivity index (χ4v) is 3.46. The van der Waals surface area contributed by atoms with Crippen LogP contribution < -0.4 is 14.8 Å². The van der Waals surface area contributed by atoms with Crippen molar-refractivity contribution in [3.63, 3.8) is 0 Å². The lowest BCUT2D eigenvalue weighted by atomic mass is 10.2. The quantitative estimate of drug-likeness (QED) is 0.779. The van der Waals surface area contributed by atoms with E-state index in [1.165, 1.54) is 0 Å². The molecule has 3 rings (SSSR count). The molecule has 1 aliphatic heterocycles. The van der Waals surface area contributed by atoms with Gasteiger partial charge in [-0.15, -0.1) is 11.8 Å². The third-order valence-electron chi connectivity index (χ3n) is 3.66. The van der Waals surface area contributed by atoms with Crippen molar-refractivity contribution in [2.24, 2.45) is 0 Å². The monoisotopic (exact) mass is 363 g/mol. The molecule has 24 heavy (non-hydrogen) atoms. The van der Waals surface area contributed by atoms with Crippen molar-refractivity contribution in [1.82, 2.24) is 5.32 Å². The number of rotatable bonds is 6. The summed E-state index contributed by atoms with van der Waals surface area (Å²) in [5.74, 6) is 1.49. The summed E-state index contributed by atoms with van der Waals surface area (Å²) in [6, 6.07) is 13.2. The predicted octanol–water partition coefficient (Wildman–Crippen LogP) is 4.26. The first kappa shape index (κ1) is 17.0. The molecule has 126 valence electrons. The van der Waals surface area contributed by atoms with Crippen molar-refractivity contribution in [1.29, 1.82) is 0 Å². The zero-order valence-corrected chi connectivity index (χ0v) is 14.8. The van der Waals surface area contributed by atoms with Crippen LogP contribution in [0.5, 0.6) is 11.5 Å². The molecule has 2 aromatic rings. The fraction of sp³-hybridized carbons (Fsp3) is 0.278. The number of nitrogens with one attached hydrogen (secondary N) is 1. The molecule has 0 spiro atoms. The van der Waals surface area contributed by atoms with Crippen LogP contribution in [-0.2, 0) is 11.3 Å². The first-order valence-electron chi connectivity index (χ1n) is 7.74. The summed E-state index contributed by atoms with van der Waals surface area (Å²) in [6.45, 7) is 2.72. The number of amides is 1. The zero-order chi connectivity index (χ0) is 16.9. The number of thioether (sulfide) groups is 1. The topological polar surface area (TPSA) is 47.6 Å². The van der Waals surface area contributed by atoms with Gasteiger partial charge in [0.1, 0.15) is 0 Å². The van der Waals surface area contributed by atoms with Gasteiger partial charge >= 0.3 is 0 Å². The standard InChI is InChI=1S/C18H18ClNO3S/c1-2-17(24-14-6-4-13(19)5-7-14)18(21)20-10-12-3-8-15-16(9-12)23-11-22-15/h3-9,17H,2,10-11H2,1H3,(H,20,21)/t17-/m1/s1. The molecule has 1 heterocycles. The Kier molecular flexibility index (Phi) is 5.53. The highest BCUT2D eigenvalue weighted by atomic mass is 35.5. The fourth-order valence-electron chi connectivity index (χ4n) is 2.35. The van der Waals surface area contributed by atoms with Crippen LogP contribution >= 0.6 is 23.4 Å². The smallest absolute Gasteiger partial charge is 0.233 e. The first-order chi connectivity index (χ1) is 11.7. The molecule has 1 atom stereocenters. The van der Waals surface area contributed by atoms with Crippen molar-refractivity contribution >= 4 is 29.3 Å². The molecule has 0 bridgehead atoms. The van der Waals surface area contributed by atoms with Gasteiger partial charge in [0.15, 0.2) is 11.5 Å². The number of halogens is 1. The average molecular weight is 364 g/mol. The van der Waals surface area contributed by atoms with Gasteiger partial charge in [0.2, 0.25) is 12.7 Å². The number of ether oxygens (including phenoxy) is 2. The van der Waals surface area contributed by atoms with E-state index in [2.05, 4.69) is 5.32 Å². The van der Waals surface area contributed by atoms with Gasteiger partial charge < -0.3 is 14.8 Å². The predicted molar refractivity (Wildman–Crippen MR) is 95.8 cm³/mol. The maximum absolute atomic E-state index is 12.4. The number of benzene rings is 2. The van der Waals surface area contributed by atoms with Gasteiger partial charge in [0, 0.05) is 16.5 Å². The van der Waals surface area contributed by atoms with E-state index in [9.17, 15) is 4.79 Å². The van der Waals surface area contributed by atoms with E-state index in [-0.39, 0.29) is 18.0 Å². The third-order valence-corrected chi connectivity index (χ3v) is 5.29. The molecule has 0 radical (unpaired) electrons. The Labute approximate surface area is 150 Å². The lowest BCUT2D eigenvalue weighted by Crippen LogP contribution is -2.31. The number of carbonyl (C=O) groups excluding carboxylic acids is 1. The Balaban J connectivity index is 1.57. The van der Waals surface area contributed by atoms with Crippen LogP contribution in [0.15, 0.2) is 47.4 Å². The van der Waals surface area contributed by atoms with Crippen LogP contribution in [0, 0.1) is 0 Å². The number of fused-ring (bicyclic) bond motifs is 1. The Morgan fingerprint density at radius 2 is 1.96 bits per heavy atom. The second kappa shape index (κ2) is 7.81. The maximum Gasteiger partial charge on any atom is 0.233 e. The Bertz CT molecular complexity index is 721. The molecule has 0 aromatic heterocycles. The van der Waals surface area contributed by atoms with Crippen molar-refractivity contribution in [3.05, 3.63) is 53.1 Å². The molecular formula is C18H18ClNO3S. The molecule has 0 fully saturated rings. The summed E-state index contributed by atoms with van der Waals surface area (Å²) in [5.41, 5.74) is 0.985. The highest BCUT2D eigenvalue weighted by Gasteiger charge is 2.18. The van der Waals surface area contributed by atoms with E-state index in [1.807, 2.05) is 49.4 Å². The van der Waals surface area contributed by atoms with Crippen molar-refractivity contribution in [2.75, 3.05) is 6.79 Å². The first-order valence-corrected chi connectivity index (χ1v) is 9.00. The summed E-state index contributed by atoms with van der Waals surface area (Å²) < 4.78 is 10.6. The Morgan fingerprint density at radius 1 is 1.21 bits per heavy atom. The highest BCUT2D eigenvalue weighted by molar-refractivity contribution is 8.00. The third kappa shape index (κ3) is 4.16. The molecule has 2 aromatic carbocycles. The van der Waals surface area contributed by atoms with E-state index in [4.69, 9.17) is 21.1 Å². The van der Waals surface area contributed by atoms with Crippen LogP contribution in [0.25, 0.3) is 0 Å². The van der Waals surface area contributed by atoms with Gasteiger partial charge in [-0.3, -0.25) is 4.79 Å². The number of hydrogen-bond acceptors (Lipinski definition) is 4. The summed E-state index contributed by atoms with van der Waals surface area (Å²) in [7, 11) is 0. The molecule has 0 saturated heterocycles. The van der Waals surface area contributed by atoms with Crippen LogP contribution in [0.2, 0.25) is 5.02 Å². The minimum absolute atomic E-state index is 0.0233. The van der Waals surface area contributed by atoms with Crippen LogP contribution in [0.4, 0.5) is 0 Å². The van der Waals surface area contributed by atoms with Gasteiger partial charge in [0.05, 0.1) is 5.25 Å². The summed E-state index contributed by atoms with van der Waals surface area (Å²) in [5, 5.41) is 3.55. The van der Waals surface area contributed by atoms with Gasteiger partial charge in [-0.05, 0) is 48.4 Å². The molecular weight excluding hydrogens is 346 g/mol. The van der Waals surface area contributed by atoms with Crippen LogP contribution in [0.1, 0.15) is 18.9 Å². The molecule has 1 N–H and O–H groups in total. The Morgan fingerprint density at radius 3 is 2.71 bits per heavy atom. The summed E-state index contributed by atoms with van der Waals surface area (Å²) in [4.78, 5) is 13.5. The van der Waals surface area contributed by atoms with E-state index in [1.54, 1.807) is 11.8 Å². The molecule has 1 aliphatic rings. The average Bonchev–Trinajstić information content (AvgIpc) is 3.07. The second-order valence-electron chi connectivity index (χ2n) is 5.37. The van der Waals surface area contributed by atoms with E-state index < -0.39 is 0 Å². The lowest BCUT2D eigenvalue weighted by Gasteiger charge is -2.15. The normalized spacial score (nSPS) is 13.6. The van der Waals surface area contributed by atoms with Crippen molar-refractivity contribution in [3.8, 4) is 11.5 Å². The van der Waals surface area contributed by atoms with Gasteiger partial charge in [-0.2, -0.15) is 0 Å². The van der Waals surface area contributed by atoms with Crippen molar-refractivity contribution < 1.29 is 14.3 Å². The minimum atomic E-state index is -0.139. The van der Waals surface area contributed by atoms with Gasteiger partial charge in [-0.25, -0.2) is 0 Å². The molecule has 4 nitrogen and oxygen atoms in total. The molecule has 6 heteroatoms. The largest absolute Gasteiger partial charge is 0.454 e. The van der Waals surface area contributed by atoms with E-state index in [0.29, 0.717) is 11.6 Å². The van der Waals surface area contributed by atoms with E-state index >= 15 is 0 Å². The van der Waals surface area contributed by atoms with Gasteiger partial charge in [0.25, 0.3) is 0 Å². The molecule has 0 unspecified atom stereocenters. The summed E-state index contributed by atoms with van der Waals surface area (Å²) >= 11 is 7.44. The zero-order valence-electron chi connectivity index (χ0n) is 13.3. The van der Waals surface area contributed by atoms with Crippen LogP contribution in [-0.4, -0.2) is 18.0 Å². The molecule has 0 aliphatic carbocycles. The lowest BCUT2D eigenvalue weighted by molar-refractivity contribution is -0.120. The van der Waals surface area contributed by atoms with Gasteiger partial charge in [-0.1, -0.05) is 24.6 Å². The number of carbonyl (C=O) groups is 1. The molecule has 1 amide bonds. The van der Waals surface area contributed by atoms with Crippen LogP contribution in [0.3, 0.4) is 0 Å². The minimum Gasteiger partial charge on any atom is -0.454 e. The number of hydrogen-bond donors (Lipinski definition) is 1. The van der Waals surface area contributed by atoms with E-state index in [0.717, 1.165) is 28.4 Å².